The fraction of sp³-hybridized carbons (Fsp3) is 0.867. The van der Waals surface area contributed by atoms with Crippen LogP contribution < -0.4 is 0 Å². The number of carbonyl (C=O) groups is 2. The maximum Gasteiger partial charge on any atom is 0.311 e. The lowest BCUT2D eigenvalue weighted by atomic mass is 9.77. The number of ketones is 1. The van der Waals surface area contributed by atoms with Crippen LogP contribution in [0.1, 0.15) is 87.5 Å². The van der Waals surface area contributed by atoms with Crippen molar-refractivity contribution >= 4 is 11.8 Å². The molecular weight excluding hydrogens is 454 g/mol. The molecule has 6 nitrogen and oxygen atoms in total. The molecule has 2 rings (SSSR count). The van der Waals surface area contributed by atoms with Crippen molar-refractivity contribution in [2.75, 3.05) is 14.1 Å². The van der Waals surface area contributed by atoms with E-state index in [0.717, 1.165) is 18.4 Å². The van der Waals surface area contributed by atoms with Gasteiger partial charge in [0.25, 0.3) is 0 Å². The first-order chi connectivity index (χ1) is 16.8. The Morgan fingerprint density at radius 3 is 2.22 bits per heavy atom. The van der Waals surface area contributed by atoms with E-state index in [1.807, 2.05) is 33.8 Å². The first-order valence-electron chi connectivity index (χ1n) is 14.2. The molecule has 0 amide bonds. The van der Waals surface area contributed by atoms with Gasteiger partial charge in [-0.2, -0.15) is 0 Å². The number of aliphatic hydroxyl groups excluding tert-OH is 1. The lowest BCUT2D eigenvalue weighted by Crippen LogP contribution is -2.48. The Morgan fingerprint density at radius 2 is 1.64 bits per heavy atom. The largest absolute Gasteiger partial charge is 0.461 e. The van der Waals surface area contributed by atoms with E-state index < -0.39 is 12.0 Å². The molecule has 2 aliphatic rings. The zero-order valence-electron chi connectivity index (χ0n) is 24.5. The minimum Gasteiger partial charge on any atom is -0.461 e. The second kappa shape index (κ2) is 13.5. The van der Waals surface area contributed by atoms with Gasteiger partial charge in [-0.25, -0.2) is 0 Å². The molecule has 0 saturated heterocycles. The van der Waals surface area contributed by atoms with Gasteiger partial charge in [0, 0.05) is 24.3 Å². The molecule has 1 saturated carbocycles. The minimum atomic E-state index is -0.870. The Bertz CT molecular complexity index is 764. The molecule has 1 aliphatic heterocycles. The molecule has 0 aromatic heterocycles. The summed E-state index contributed by atoms with van der Waals surface area (Å²) in [7, 11) is 4.26. The van der Waals surface area contributed by atoms with Crippen LogP contribution in [-0.4, -0.2) is 66.3 Å². The van der Waals surface area contributed by atoms with Crippen LogP contribution in [0.25, 0.3) is 0 Å². The SMILES string of the molecule is CC[C@H]1OC(=O)[C@H](C)[C@@H](O)C[C@@H](OC2CC(C)CC(N(C)C)C2C)[C@@H](C)C[C@@H](C)C(=O)C(C)=C[C@H]1C. The van der Waals surface area contributed by atoms with Gasteiger partial charge in [-0.15, -0.1) is 0 Å². The number of allylic oxidation sites excluding steroid dienone is 1. The minimum absolute atomic E-state index is 0.0561. The number of rotatable bonds is 4. The third kappa shape index (κ3) is 7.88. The standard InChI is InChI=1S/C30H53NO5/c1-11-26-18(3)14-20(5)29(33)21(6)15-19(4)27(16-25(32)23(8)30(34)36-26)35-28-13-17(2)12-24(22(28)7)31(9)10/h14,17-19,21-28,32H,11-13,15-16H2,1-10H3/t17?,18-,19+,21-,22?,23-,24?,25+,26-,27-,28?/m1/s1. The summed E-state index contributed by atoms with van der Waals surface area (Å²) < 4.78 is 12.7. The third-order valence-corrected chi connectivity index (χ3v) is 8.87. The van der Waals surface area contributed by atoms with E-state index in [1.165, 1.54) is 0 Å². The molecule has 1 heterocycles. The normalized spacial score (nSPS) is 42.0. The highest BCUT2D eigenvalue weighted by Crippen LogP contribution is 2.36. The summed E-state index contributed by atoms with van der Waals surface area (Å²) in [6.07, 6.45) is 4.37. The molecule has 0 aromatic rings. The van der Waals surface area contributed by atoms with Gasteiger partial charge in [0.05, 0.1) is 24.2 Å². The van der Waals surface area contributed by atoms with Gasteiger partial charge >= 0.3 is 5.97 Å². The second-order valence-electron chi connectivity index (χ2n) is 12.3. The van der Waals surface area contributed by atoms with E-state index in [1.54, 1.807) is 6.92 Å². The van der Waals surface area contributed by atoms with E-state index in [0.29, 0.717) is 37.1 Å². The predicted molar refractivity (Wildman–Crippen MR) is 145 cm³/mol. The molecule has 208 valence electrons. The van der Waals surface area contributed by atoms with Crippen LogP contribution >= 0.6 is 0 Å². The lowest BCUT2D eigenvalue weighted by molar-refractivity contribution is -0.161. The number of cyclic esters (lactones) is 1. The smallest absolute Gasteiger partial charge is 0.311 e. The molecule has 1 fully saturated rings. The van der Waals surface area contributed by atoms with Crippen LogP contribution in [0.2, 0.25) is 0 Å². The van der Waals surface area contributed by atoms with Gasteiger partial charge in [-0.3, -0.25) is 9.59 Å². The zero-order valence-corrected chi connectivity index (χ0v) is 24.5. The number of carbonyl (C=O) groups excluding carboxylic acids is 2. The van der Waals surface area contributed by atoms with E-state index in [2.05, 4.69) is 39.8 Å². The Balaban J connectivity index is 2.36. The number of hydrogen-bond acceptors (Lipinski definition) is 6. The summed E-state index contributed by atoms with van der Waals surface area (Å²) in [5.74, 6) is -0.161. The molecule has 36 heavy (non-hydrogen) atoms. The van der Waals surface area contributed by atoms with E-state index in [-0.39, 0.29) is 47.8 Å². The van der Waals surface area contributed by atoms with Gasteiger partial charge < -0.3 is 19.5 Å². The molecule has 1 N–H and O–H groups in total. The number of Topliss-reactive ketones (excluding diaryl/α,β-unsaturated/α-hetero) is 1. The summed E-state index contributed by atoms with van der Waals surface area (Å²) in [5.41, 5.74) is 0.725. The Kier molecular flexibility index (Phi) is 11.6. The van der Waals surface area contributed by atoms with Crippen molar-refractivity contribution < 1.29 is 24.2 Å². The first kappa shape index (κ1) is 31.0. The summed E-state index contributed by atoms with van der Waals surface area (Å²) in [4.78, 5) is 28.5. The highest BCUT2D eigenvalue weighted by Gasteiger charge is 2.39. The fourth-order valence-corrected chi connectivity index (χ4v) is 6.30. The van der Waals surface area contributed by atoms with Crippen LogP contribution in [0.15, 0.2) is 11.6 Å². The summed E-state index contributed by atoms with van der Waals surface area (Å²) in [6.45, 7) is 16.2. The number of nitrogens with zero attached hydrogens (tertiary/aromatic N) is 1. The van der Waals surface area contributed by atoms with Crippen molar-refractivity contribution in [3.05, 3.63) is 11.6 Å². The van der Waals surface area contributed by atoms with Crippen molar-refractivity contribution in [1.82, 2.24) is 4.90 Å². The third-order valence-electron chi connectivity index (χ3n) is 8.87. The molecule has 0 aromatic carbocycles. The van der Waals surface area contributed by atoms with E-state index in [9.17, 15) is 14.7 Å². The monoisotopic (exact) mass is 507 g/mol. The van der Waals surface area contributed by atoms with Gasteiger partial charge in [-0.1, -0.05) is 47.6 Å². The maximum absolute atomic E-state index is 13.2. The molecule has 0 radical (unpaired) electrons. The highest BCUT2D eigenvalue weighted by molar-refractivity contribution is 5.96. The first-order valence-corrected chi connectivity index (χ1v) is 14.2. The van der Waals surface area contributed by atoms with Crippen molar-refractivity contribution in [3.63, 3.8) is 0 Å². The van der Waals surface area contributed by atoms with Gasteiger partial charge in [0.1, 0.15) is 6.10 Å². The molecule has 0 spiro atoms. The molecule has 1 aliphatic carbocycles. The van der Waals surface area contributed by atoms with Crippen LogP contribution in [0.3, 0.4) is 0 Å². The van der Waals surface area contributed by atoms with E-state index >= 15 is 0 Å². The van der Waals surface area contributed by atoms with Crippen molar-refractivity contribution in [2.24, 2.45) is 35.5 Å². The Labute approximate surface area is 220 Å². The zero-order chi connectivity index (χ0) is 27.3. The van der Waals surface area contributed by atoms with Crippen LogP contribution in [-0.2, 0) is 19.1 Å². The number of ether oxygens (including phenoxy) is 2. The van der Waals surface area contributed by atoms with Gasteiger partial charge in [0.2, 0.25) is 0 Å². The van der Waals surface area contributed by atoms with Crippen LogP contribution in [0.4, 0.5) is 0 Å². The van der Waals surface area contributed by atoms with E-state index in [4.69, 9.17) is 9.47 Å². The molecule has 6 heteroatoms. The van der Waals surface area contributed by atoms with Gasteiger partial charge in [0.15, 0.2) is 5.78 Å². The number of aliphatic hydroxyl groups is 1. The predicted octanol–water partition coefficient (Wildman–Crippen LogP) is 5.27. The fourth-order valence-electron chi connectivity index (χ4n) is 6.30. The Hall–Kier alpha value is -1.24. The summed E-state index contributed by atoms with van der Waals surface area (Å²) in [5, 5.41) is 11.2. The van der Waals surface area contributed by atoms with Crippen LogP contribution in [0.5, 0.6) is 0 Å². The molecule has 11 atom stereocenters. The van der Waals surface area contributed by atoms with Crippen molar-refractivity contribution in [2.45, 2.75) is 118 Å². The number of hydrogen-bond donors (Lipinski definition) is 1. The topological polar surface area (TPSA) is 76.1 Å². The highest BCUT2D eigenvalue weighted by atomic mass is 16.5. The summed E-state index contributed by atoms with van der Waals surface area (Å²) in [6, 6.07) is 0.438. The maximum atomic E-state index is 13.2. The van der Waals surface area contributed by atoms with Crippen molar-refractivity contribution in [1.29, 1.82) is 0 Å². The number of esters is 1. The average Bonchev–Trinajstić information content (AvgIpc) is 2.81. The van der Waals surface area contributed by atoms with Crippen molar-refractivity contribution in [3.8, 4) is 0 Å². The van der Waals surface area contributed by atoms with Gasteiger partial charge in [-0.05, 0) is 77.0 Å². The average molecular weight is 508 g/mol. The summed E-state index contributed by atoms with van der Waals surface area (Å²) >= 11 is 0. The molecule has 0 bridgehead atoms. The van der Waals surface area contributed by atoms with Crippen LogP contribution in [0, 0.1) is 35.5 Å². The molecular formula is C30H53NO5. The lowest BCUT2D eigenvalue weighted by Gasteiger charge is -2.44. The quantitative estimate of drug-likeness (QED) is 0.522. The second-order valence-corrected chi connectivity index (χ2v) is 12.3. The Morgan fingerprint density at radius 1 is 1.00 bits per heavy atom. The molecule has 4 unspecified atom stereocenters.